The van der Waals surface area contributed by atoms with Gasteiger partial charge in [0.2, 0.25) is 11.7 Å². The Morgan fingerprint density at radius 2 is 2.05 bits per heavy atom. The largest absolute Gasteiger partial charge is 0.393 e. The summed E-state index contributed by atoms with van der Waals surface area (Å²) in [5, 5.41) is 13.6. The second-order valence-corrected chi connectivity index (χ2v) is 5.23. The first-order valence-corrected chi connectivity index (χ1v) is 7.37. The average Bonchev–Trinajstić information content (AvgIpc) is 2.89. The van der Waals surface area contributed by atoms with Crippen molar-refractivity contribution in [3.63, 3.8) is 0 Å². The number of nitrogens with zero attached hydrogens (tertiary/aromatic N) is 2. The van der Waals surface area contributed by atoms with Gasteiger partial charge in [-0.2, -0.15) is 4.98 Å². The van der Waals surface area contributed by atoms with Crippen molar-refractivity contribution in [2.45, 2.75) is 70.5 Å². The third kappa shape index (κ3) is 3.76. The zero-order valence-electron chi connectivity index (χ0n) is 11.8. The van der Waals surface area contributed by atoms with Crippen molar-refractivity contribution in [1.82, 2.24) is 10.1 Å². The van der Waals surface area contributed by atoms with E-state index in [9.17, 15) is 5.11 Å². The van der Waals surface area contributed by atoms with Gasteiger partial charge in [-0.25, -0.2) is 0 Å². The molecule has 1 heterocycles. The van der Waals surface area contributed by atoms with E-state index in [2.05, 4.69) is 17.1 Å². The van der Waals surface area contributed by atoms with Gasteiger partial charge in [-0.1, -0.05) is 18.5 Å². The van der Waals surface area contributed by atoms with Crippen molar-refractivity contribution in [1.29, 1.82) is 0 Å². The number of ether oxygens (including phenoxy) is 1. The summed E-state index contributed by atoms with van der Waals surface area (Å²) in [7, 11) is 0. The first kappa shape index (κ1) is 14.5. The molecule has 1 aromatic rings. The summed E-state index contributed by atoms with van der Waals surface area (Å²) in [6, 6.07) is 0. The van der Waals surface area contributed by atoms with Gasteiger partial charge >= 0.3 is 0 Å². The number of hydrogen-bond acceptors (Lipinski definition) is 5. The van der Waals surface area contributed by atoms with E-state index >= 15 is 0 Å². The van der Waals surface area contributed by atoms with Crippen LogP contribution in [0, 0.1) is 0 Å². The maximum Gasteiger partial charge on any atom is 0.229 e. The van der Waals surface area contributed by atoms with Gasteiger partial charge in [0.1, 0.15) is 6.10 Å². The molecule has 1 aromatic heterocycles. The maximum absolute atomic E-state index is 9.52. The highest BCUT2D eigenvalue weighted by Gasteiger charge is 2.27. The second-order valence-electron chi connectivity index (χ2n) is 5.23. The Kier molecular flexibility index (Phi) is 5.34. The van der Waals surface area contributed by atoms with Crippen molar-refractivity contribution in [3.8, 4) is 0 Å². The summed E-state index contributed by atoms with van der Waals surface area (Å²) in [5.41, 5.74) is 0. The highest BCUT2D eigenvalue weighted by molar-refractivity contribution is 4.98. The molecule has 1 N–H and O–H groups in total. The molecule has 1 fully saturated rings. The molecule has 0 aliphatic heterocycles. The minimum Gasteiger partial charge on any atom is -0.393 e. The summed E-state index contributed by atoms with van der Waals surface area (Å²) in [5.74, 6) is 1.68. The molecule has 1 aliphatic rings. The minimum atomic E-state index is -0.157. The lowest BCUT2D eigenvalue weighted by atomic mass is 9.87. The summed E-state index contributed by atoms with van der Waals surface area (Å²) >= 11 is 0. The Morgan fingerprint density at radius 3 is 2.68 bits per heavy atom. The lowest BCUT2D eigenvalue weighted by molar-refractivity contribution is 0.0477. The van der Waals surface area contributed by atoms with Crippen LogP contribution in [0.3, 0.4) is 0 Å². The molecule has 5 heteroatoms. The van der Waals surface area contributed by atoms with Gasteiger partial charge in [0.15, 0.2) is 0 Å². The quantitative estimate of drug-likeness (QED) is 0.859. The molecule has 0 amide bonds. The molecular weight excluding hydrogens is 244 g/mol. The molecule has 0 radical (unpaired) electrons. The predicted molar refractivity (Wildman–Crippen MR) is 70.8 cm³/mol. The minimum absolute atomic E-state index is 0.0540. The van der Waals surface area contributed by atoms with Crippen LogP contribution in [0.25, 0.3) is 0 Å². The molecule has 0 bridgehead atoms. The molecule has 1 atom stereocenters. The fraction of sp³-hybridized carbons (Fsp3) is 0.857. The summed E-state index contributed by atoms with van der Waals surface area (Å²) < 4.78 is 11.1. The molecule has 1 unspecified atom stereocenters. The standard InChI is InChI=1S/C14H24N2O3/c1-3-5-12(18-4-2)13-15-14(19-16-13)10-6-8-11(17)9-7-10/h10-12,17H,3-9H2,1-2H3. The van der Waals surface area contributed by atoms with E-state index in [1.165, 1.54) is 0 Å². The molecule has 0 saturated heterocycles. The SMILES string of the molecule is CCCC(OCC)c1noc(C2CCC(O)CC2)n1. The summed E-state index contributed by atoms with van der Waals surface area (Å²) in [6.45, 7) is 4.76. The van der Waals surface area contributed by atoms with Crippen LogP contribution in [0.1, 0.15) is 76.1 Å². The zero-order valence-corrected chi connectivity index (χ0v) is 11.8. The average molecular weight is 268 g/mol. The molecule has 0 aromatic carbocycles. The molecule has 2 rings (SSSR count). The fourth-order valence-electron chi connectivity index (χ4n) is 2.62. The van der Waals surface area contributed by atoms with Crippen LogP contribution >= 0.6 is 0 Å². The normalized spacial score (nSPS) is 25.4. The summed E-state index contributed by atoms with van der Waals surface area (Å²) in [4.78, 5) is 4.51. The van der Waals surface area contributed by atoms with E-state index in [-0.39, 0.29) is 12.2 Å². The number of rotatable bonds is 6. The molecule has 0 spiro atoms. The fourth-order valence-corrected chi connectivity index (χ4v) is 2.62. The number of hydrogen-bond donors (Lipinski definition) is 1. The van der Waals surface area contributed by atoms with Crippen LogP contribution in [-0.2, 0) is 4.74 Å². The monoisotopic (exact) mass is 268 g/mol. The van der Waals surface area contributed by atoms with Gasteiger partial charge in [0.25, 0.3) is 0 Å². The van der Waals surface area contributed by atoms with Crippen molar-refractivity contribution in [2.24, 2.45) is 0 Å². The Morgan fingerprint density at radius 1 is 1.32 bits per heavy atom. The van der Waals surface area contributed by atoms with Crippen LogP contribution in [-0.4, -0.2) is 28.0 Å². The van der Waals surface area contributed by atoms with E-state index in [4.69, 9.17) is 9.26 Å². The zero-order chi connectivity index (χ0) is 13.7. The third-order valence-electron chi connectivity index (χ3n) is 3.71. The number of aliphatic hydroxyl groups excluding tert-OH is 1. The molecule has 1 aliphatic carbocycles. The smallest absolute Gasteiger partial charge is 0.229 e. The van der Waals surface area contributed by atoms with Crippen LogP contribution in [0.4, 0.5) is 0 Å². The van der Waals surface area contributed by atoms with Crippen molar-refractivity contribution in [3.05, 3.63) is 11.7 Å². The highest BCUT2D eigenvalue weighted by Crippen LogP contribution is 2.32. The van der Waals surface area contributed by atoms with Crippen LogP contribution in [0.5, 0.6) is 0 Å². The first-order valence-electron chi connectivity index (χ1n) is 7.37. The predicted octanol–water partition coefficient (Wildman–Crippen LogP) is 2.97. The Bertz CT molecular complexity index is 367. The molecule has 108 valence electrons. The van der Waals surface area contributed by atoms with Crippen molar-refractivity contribution < 1.29 is 14.4 Å². The number of aromatic nitrogens is 2. The lowest BCUT2D eigenvalue weighted by Crippen LogP contribution is -2.17. The topological polar surface area (TPSA) is 68.4 Å². The van der Waals surface area contributed by atoms with Gasteiger partial charge in [0.05, 0.1) is 6.10 Å². The van der Waals surface area contributed by atoms with Gasteiger partial charge in [-0.15, -0.1) is 0 Å². The third-order valence-corrected chi connectivity index (χ3v) is 3.71. The Labute approximate surface area is 114 Å². The molecular formula is C14H24N2O3. The van der Waals surface area contributed by atoms with Gasteiger partial charge in [-0.05, 0) is 39.0 Å². The Balaban J connectivity index is 2.00. The number of aliphatic hydroxyl groups is 1. The molecule has 19 heavy (non-hydrogen) atoms. The van der Waals surface area contributed by atoms with E-state index < -0.39 is 0 Å². The van der Waals surface area contributed by atoms with E-state index in [1.807, 2.05) is 6.92 Å². The van der Waals surface area contributed by atoms with Crippen LogP contribution in [0.15, 0.2) is 4.52 Å². The lowest BCUT2D eigenvalue weighted by Gasteiger charge is -2.22. The highest BCUT2D eigenvalue weighted by atomic mass is 16.5. The molecule has 1 saturated carbocycles. The van der Waals surface area contributed by atoms with Crippen LogP contribution in [0.2, 0.25) is 0 Å². The van der Waals surface area contributed by atoms with Gasteiger partial charge in [0, 0.05) is 12.5 Å². The Hall–Kier alpha value is -0.940. The molecule has 5 nitrogen and oxygen atoms in total. The van der Waals surface area contributed by atoms with Gasteiger partial charge < -0.3 is 14.4 Å². The summed E-state index contributed by atoms with van der Waals surface area (Å²) in [6.07, 6.45) is 5.24. The first-order chi connectivity index (χ1) is 9.24. The van der Waals surface area contributed by atoms with Crippen LogP contribution < -0.4 is 0 Å². The van der Waals surface area contributed by atoms with Crippen molar-refractivity contribution in [2.75, 3.05) is 6.61 Å². The van der Waals surface area contributed by atoms with Gasteiger partial charge in [-0.3, -0.25) is 0 Å². The van der Waals surface area contributed by atoms with Crippen molar-refractivity contribution >= 4 is 0 Å². The van der Waals surface area contributed by atoms with E-state index in [0.29, 0.717) is 24.2 Å². The van der Waals surface area contributed by atoms with E-state index in [0.717, 1.165) is 38.5 Å². The van der Waals surface area contributed by atoms with E-state index in [1.54, 1.807) is 0 Å². The second kappa shape index (κ2) is 7.01. The maximum atomic E-state index is 9.52.